The van der Waals surface area contributed by atoms with Gasteiger partial charge in [-0.25, -0.2) is 0 Å². The molecule has 0 spiro atoms. The van der Waals surface area contributed by atoms with E-state index < -0.39 is 0 Å². The molecule has 0 saturated carbocycles. The van der Waals surface area contributed by atoms with E-state index in [0.29, 0.717) is 0 Å². The van der Waals surface area contributed by atoms with Gasteiger partial charge in [-0.15, -0.1) is 0 Å². The molecule has 1 heterocycles. The Morgan fingerprint density at radius 1 is 1.46 bits per heavy atom. The molecule has 0 atom stereocenters. The van der Waals surface area contributed by atoms with Crippen molar-refractivity contribution in [3.63, 3.8) is 0 Å². The van der Waals surface area contributed by atoms with Crippen molar-refractivity contribution in [1.29, 1.82) is 0 Å². The van der Waals surface area contributed by atoms with Gasteiger partial charge < -0.3 is 5.32 Å². The fraction of sp³-hybridized carbons (Fsp3) is 0.222. The maximum absolute atomic E-state index is 4.35. The van der Waals surface area contributed by atoms with Gasteiger partial charge in [0.25, 0.3) is 0 Å². The molecular formula is C9H10IN3. The van der Waals surface area contributed by atoms with Gasteiger partial charge in [0, 0.05) is 23.1 Å². The van der Waals surface area contributed by atoms with Gasteiger partial charge in [-0.1, -0.05) is 0 Å². The van der Waals surface area contributed by atoms with E-state index in [-0.39, 0.29) is 0 Å². The molecule has 1 N–H and O–H groups in total. The van der Waals surface area contributed by atoms with Crippen molar-refractivity contribution in [2.45, 2.75) is 0 Å². The van der Waals surface area contributed by atoms with Crippen molar-refractivity contribution in [2.75, 3.05) is 12.4 Å². The van der Waals surface area contributed by atoms with Gasteiger partial charge >= 0.3 is 0 Å². The van der Waals surface area contributed by atoms with Crippen LogP contribution in [0.2, 0.25) is 0 Å². The van der Waals surface area contributed by atoms with E-state index in [1.807, 2.05) is 18.8 Å². The fourth-order valence-electron chi connectivity index (χ4n) is 1.42. The van der Waals surface area contributed by atoms with E-state index in [4.69, 9.17) is 0 Å². The van der Waals surface area contributed by atoms with E-state index in [0.717, 1.165) is 11.3 Å². The van der Waals surface area contributed by atoms with Crippen LogP contribution in [0.15, 0.2) is 18.2 Å². The zero-order chi connectivity index (χ0) is 9.42. The first kappa shape index (κ1) is 8.80. The van der Waals surface area contributed by atoms with Crippen molar-refractivity contribution in [3.8, 4) is 0 Å². The maximum atomic E-state index is 4.35. The molecule has 0 fully saturated rings. The van der Waals surface area contributed by atoms with Crippen molar-refractivity contribution in [2.24, 2.45) is 7.05 Å². The SMILES string of the molecule is CNc1nn(C)c2cc(I)ccc12. The number of anilines is 1. The monoisotopic (exact) mass is 287 g/mol. The number of nitrogens with one attached hydrogen (secondary N) is 1. The average molecular weight is 287 g/mol. The average Bonchev–Trinajstić information content (AvgIpc) is 2.43. The minimum absolute atomic E-state index is 0.939. The van der Waals surface area contributed by atoms with Crippen molar-refractivity contribution >= 4 is 39.3 Å². The molecule has 3 nitrogen and oxygen atoms in total. The summed E-state index contributed by atoms with van der Waals surface area (Å²) in [5.74, 6) is 0.939. The first-order chi connectivity index (χ1) is 6.22. The molecule has 1 aromatic heterocycles. The van der Waals surface area contributed by atoms with E-state index in [1.165, 1.54) is 8.96 Å². The Bertz CT molecular complexity index is 447. The lowest BCUT2D eigenvalue weighted by molar-refractivity contribution is 0.800. The van der Waals surface area contributed by atoms with E-state index in [2.05, 4.69) is 51.2 Å². The van der Waals surface area contributed by atoms with Crippen LogP contribution in [0.3, 0.4) is 0 Å². The Labute approximate surface area is 90.3 Å². The molecule has 0 aliphatic rings. The third-order valence-electron chi connectivity index (χ3n) is 2.05. The normalized spacial score (nSPS) is 10.7. The van der Waals surface area contributed by atoms with Gasteiger partial charge in [0.2, 0.25) is 0 Å². The first-order valence-electron chi connectivity index (χ1n) is 4.02. The second-order valence-electron chi connectivity index (χ2n) is 2.88. The third-order valence-corrected chi connectivity index (χ3v) is 2.72. The molecule has 1 aromatic carbocycles. The van der Waals surface area contributed by atoms with Gasteiger partial charge in [0.15, 0.2) is 5.82 Å². The van der Waals surface area contributed by atoms with Crippen LogP contribution in [-0.2, 0) is 7.05 Å². The first-order valence-corrected chi connectivity index (χ1v) is 5.10. The second-order valence-corrected chi connectivity index (χ2v) is 4.13. The number of rotatable bonds is 1. The summed E-state index contributed by atoms with van der Waals surface area (Å²) in [5.41, 5.74) is 1.16. The zero-order valence-corrected chi connectivity index (χ0v) is 9.66. The predicted octanol–water partition coefficient (Wildman–Crippen LogP) is 2.22. The quantitative estimate of drug-likeness (QED) is 0.815. The summed E-state index contributed by atoms with van der Waals surface area (Å²) in [6.45, 7) is 0. The van der Waals surface area contributed by atoms with E-state index >= 15 is 0 Å². The summed E-state index contributed by atoms with van der Waals surface area (Å²) in [6.07, 6.45) is 0. The maximum Gasteiger partial charge on any atom is 0.155 e. The predicted molar refractivity (Wildman–Crippen MR) is 63.0 cm³/mol. The number of nitrogens with zero attached hydrogens (tertiary/aromatic N) is 2. The van der Waals surface area contributed by atoms with Gasteiger partial charge in [0.1, 0.15) is 0 Å². The standard InChI is InChI=1S/C9H10IN3/c1-11-9-7-4-3-6(10)5-8(7)13(2)12-9/h3-5H,1-2H3,(H,11,12). The van der Waals surface area contributed by atoms with Gasteiger partial charge in [-0.3, -0.25) is 4.68 Å². The van der Waals surface area contributed by atoms with Crippen molar-refractivity contribution < 1.29 is 0 Å². The fourth-order valence-corrected chi connectivity index (χ4v) is 1.89. The number of aryl methyl sites for hydroxylation is 1. The molecule has 0 aliphatic heterocycles. The van der Waals surface area contributed by atoms with Crippen LogP contribution >= 0.6 is 22.6 Å². The molecule has 0 radical (unpaired) electrons. The molecule has 13 heavy (non-hydrogen) atoms. The second kappa shape index (κ2) is 3.17. The molecule has 0 unspecified atom stereocenters. The Morgan fingerprint density at radius 2 is 2.23 bits per heavy atom. The van der Waals surface area contributed by atoms with E-state index in [9.17, 15) is 0 Å². The Morgan fingerprint density at radius 3 is 2.92 bits per heavy atom. The minimum atomic E-state index is 0.939. The zero-order valence-electron chi connectivity index (χ0n) is 7.50. The number of aromatic nitrogens is 2. The van der Waals surface area contributed by atoms with Crippen LogP contribution in [0.5, 0.6) is 0 Å². The molecule has 0 saturated heterocycles. The van der Waals surface area contributed by atoms with Crippen molar-refractivity contribution in [3.05, 3.63) is 21.8 Å². The number of benzene rings is 1. The minimum Gasteiger partial charge on any atom is -0.371 e. The highest BCUT2D eigenvalue weighted by Crippen LogP contribution is 2.23. The Hall–Kier alpha value is -0.780. The van der Waals surface area contributed by atoms with Gasteiger partial charge in [-0.05, 0) is 40.8 Å². The van der Waals surface area contributed by atoms with Crippen LogP contribution in [0.4, 0.5) is 5.82 Å². The lowest BCUT2D eigenvalue weighted by Crippen LogP contribution is -1.92. The van der Waals surface area contributed by atoms with Gasteiger partial charge in [0.05, 0.1) is 5.52 Å². The number of halogens is 1. The van der Waals surface area contributed by atoms with Crippen LogP contribution in [-0.4, -0.2) is 16.8 Å². The summed E-state index contributed by atoms with van der Waals surface area (Å²) >= 11 is 2.30. The number of hydrogen-bond acceptors (Lipinski definition) is 2. The summed E-state index contributed by atoms with van der Waals surface area (Å²) in [4.78, 5) is 0. The van der Waals surface area contributed by atoms with E-state index in [1.54, 1.807) is 0 Å². The number of hydrogen-bond donors (Lipinski definition) is 1. The number of fused-ring (bicyclic) bond motifs is 1. The third kappa shape index (κ3) is 1.39. The molecule has 2 rings (SSSR count). The topological polar surface area (TPSA) is 29.9 Å². The molecule has 0 amide bonds. The molecular weight excluding hydrogens is 277 g/mol. The molecule has 0 bridgehead atoms. The Balaban J connectivity index is 2.80. The van der Waals surface area contributed by atoms with Crippen molar-refractivity contribution in [1.82, 2.24) is 9.78 Å². The highest BCUT2D eigenvalue weighted by Gasteiger charge is 2.06. The van der Waals surface area contributed by atoms with Crippen LogP contribution < -0.4 is 5.32 Å². The summed E-state index contributed by atoms with van der Waals surface area (Å²) < 4.78 is 3.12. The summed E-state index contributed by atoms with van der Waals surface area (Å²) in [7, 11) is 3.85. The summed E-state index contributed by atoms with van der Waals surface area (Å²) in [6, 6.07) is 6.31. The molecule has 0 aliphatic carbocycles. The lowest BCUT2D eigenvalue weighted by atomic mass is 10.2. The smallest absolute Gasteiger partial charge is 0.155 e. The molecule has 4 heteroatoms. The largest absolute Gasteiger partial charge is 0.371 e. The molecule has 2 aromatic rings. The molecule has 68 valence electrons. The Kier molecular flexibility index (Phi) is 2.15. The van der Waals surface area contributed by atoms with Crippen LogP contribution in [0.1, 0.15) is 0 Å². The highest BCUT2D eigenvalue weighted by molar-refractivity contribution is 14.1. The van der Waals surface area contributed by atoms with Crippen LogP contribution in [0.25, 0.3) is 10.9 Å². The summed E-state index contributed by atoms with van der Waals surface area (Å²) in [5, 5.41) is 8.60. The highest BCUT2D eigenvalue weighted by atomic mass is 127. The van der Waals surface area contributed by atoms with Gasteiger partial charge in [-0.2, -0.15) is 5.10 Å². The van der Waals surface area contributed by atoms with Crippen LogP contribution in [0, 0.1) is 3.57 Å². The lowest BCUT2D eigenvalue weighted by Gasteiger charge is -1.94.